The monoisotopic (exact) mass is 1370 g/mol. The molecule has 2 aromatic carbocycles. The molecule has 0 radical (unpaired) electrons. The lowest BCUT2D eigenvalue weighted by atomic mass is 10.0. The molecule has 31 nitrogen and oxygen atoms in total. The van der Waals surface area contributed by atoms with Crippen LogP contribution in [0.4, 0.5) is 5.82 Å². The van der Waals surface area contributed by atoms with E-state index in [1.165, 1.54) is 54.6 Å². The van der Waals surface area contributed by atoms with Crippen molar-refractivity contribution in [3.8, 4) is 0 Å². The van der Waals surface area contributed by atoms with Gasteiger partial charge in [-0.1, -0.05) is 89.1 Å². The molecule has 10 amide bonds. The first-order valence-electron chi connectivity index (χ1n) is 32.5. The molecular formula is C65H94N14O17S. The third-order valence-electron chi connectivity index (χ3n) is 15.5. The van der Waals surface area contributed by atoms with Crippen molar-refractivity contribution < 1.29 is 80.7 Å². The molecule has 0 aliphatic carbocycles. The summed E-state index contributed by atoms with van der Waals surface area (Å²) in [4.78, 5) is 165. The molecule has 0 bridgehead atoms. The number of aliphatic carboxylic acids is 2. The quantitative estimate of drug-likeness (QED) is 0.0165. The molecule has 1 aliphatic rings. The topological polar surface area (TPSA) is 474 Å². The number of rotatable bonds is 43. The highest BCUT2D eigenvalue weighted by Crippen LogP contribution is 2.19. The van der Waals surface area contributed by atoms with Crippen LogP contribution < -0.4 is 59.0 Å². The lowest BCUT2D eigenvalue weighted by Gasteiger charge is -2.28. The fraction of sp³-hybridized carbons (Fsp3) is 0.538. The van der Waals surface area contributed by atoms with E-state index in [-0.39, 0.29) is 97.6 Å². The number of nitrogens with two attached hydrogens (primary N) is 1. The van der Waals surface area contributed by atoms with Gasteiger partial charge in [-0.05, 0) is 119 Å². The summed E-state index contributed by atoms with van der Waals surface area (Å²) in [5.74, 6) is -9.70. The highest BCUT2D eigenvalue weighted by atomic mass is 32.2. The number of carbonyl (C=O) groups is 12. The van der Waals surface area contributed by atoms with E-state index in [9.17, 15) is 80.7 Å². The number of amides is 10. The molecule has 15 N–H and O–H groups in total. The number of hydrogen-bond donors (Lipinski definition) is 14. The van der Waals surface area contributed by atoms with Gasteiger partial charge in [0.15, 0.2) is 0 Å². The van der Waals surface area contributed by atoms with Crippen LogP contribution in [0.3, 0.4) is 0 Å². The van der Waals surface area contributed by atoms with Gasteiger partial charge in [0.1, 0.15) is 53.0 Å². The molecule has 0 spiro atoms. The molecular weight excluding hydrogens is 1280 g/mol. The predicted octanol–water partition coefficient (Wildman–Crippen LogP) is 1.41. The van der Waals surface area contributed by atoms with E-state index in [1.54, 1.807) is 38.1 Å². The fourth-order valence-corrected chi connectivity index (χ4v) is 11.1. The lowest BCUT2D eigenvalue weighted by Crippen LogP contribution is -2.59. The Morgan fingerprint density at radius 2 is 1.14 bits per heavy atom. The summed E-state index contributed by atoms with van der Waals surface area (Å²) < 4.78 is 32.7. The largest absolute Gasteiger partial charge is 0.481 e. The summed E-state index contributed by atoms with van der Waals surface area (Å²) in [6, 6.07) is 8.76. The van der Waals surface area contributed by atoms with E-state index in [0.29, 0.717) is 51.6 Å². The second kappa shape index (κ2) is 41.5. The van der Waals surface area contributed by atoms with Crippen molar-refractivity contribution in [3.05, 3.63) is 89.6 Å². The van der Waals surface area contributed by atoms with Crippen LogP contribution in [-0.2, 0) is 69.3 Å². The zero-order valence-electron chi connectivity index (χ0n) is 55.4. The Morgan fingerprint density at radius 3 is 1.70 bits per heavy atom. The number of unbranched alkanes of at least 4 members (excludes halogenated alkanes) is 3. The smallest absolute Gasteiger partial charge is 0.303 e. The second-order valence-corrected chi connectivity index (χ2v) is 25.8. The first-order chi connectivity index (χ1) is 46.1. The molecule has 2 heterocycles. The van der Waals surface area contributed by atoms with Gasteiger partial charge in [-0.3, -0.25) is 67.5 Å². The van der Waals surface area contributed by atoms with Crippen molar-refractivity contribution in [2.75, 3.05) is 38.1 Å². The number of carbonyl (C=O) groups excluding carboxylic acids is 10. The van der Waals surface area contributed by atoms with E-state index >= 15 is 0 Å². The van der Waals surface area contributed by atoms with Crippen LogP contribution in [0, 0.1) is 11.8 Å². The molecule has 532 valence electrons. The Balaban J connectivity index is 1.36. The highest BCUT2D eigenvalue weighted by molar-refractivity contribution is 7.86. The number of hydrogen-bond acceptors (Lipinski definition) is 18. The Kier molecular flexibility index (Phi) is 34.2. The number of carboxylic acids is 2. The van der Waals surface area contributed by atoms with E-state index in [4.69, 9.17) is 5.73 Å². The first kappa shape index (κ1) is 80.0. The summed E-state index contributed by atoms with van der Waals surface area (Å²) in [5.41, 5.74) is 9.67. The number of aromatic nitrogens is 1. The van der Waals surface area contributed by atoms with Crippen LogP contribution in [-0.4, -0.2) is 185 Å². The van der Waals surface area contributed by atoms with E-state index in [1.807, 2.05) is 26.0 Å². The SMILES string of the molecule is CC(=O)N1CCC[C@H]1C(=O)N[C@@H](CC(C)C)C(=O)NCC(=O)N[C@@H](CCc1ccccc1)C(=O)N[C@@H](CCCN)C(=O)N[C@@H](CC(C)C)C(=O)N[C@@H](CCC(=O)O)C(=O)N[C@@H](CCC(=O)O)C(=O)NCCCCCCNC(=O)c1ccc(N/N=C/c2ccccc2S(=O)(=O)O)nc1. The van der Waals surface area contributed by atoms with Crippen LogP contribution in [0.25, 0.3) is 0 Å². The molecule has 4 rings (SSSR count). The molecule has 97 heavy (non-hydrogen) atoms. The zero-order valence-corrected chi connectivity index (χ0v) is 56.3. The maximum absolute atomic E-state index is 14.3. The Hall–Kier alpha value is -9.43. The van der Waals surface area contributed by atoms with E-state index in [0.717, 1.165) is 5.56 Å². The number of anilines is 1. The van der Waals surface area contributed by atoms with Crippen molar-refractivity contribution in [2.45, 2.75) is 185 Å². The van der Waals surface area contributed by atoms with E-state index in [2.05, 4.69) is 63.4 Å². The van der Waals surface area contributed by atoms with Gasteiger partial charge >= 0.3 is 11.9 Å². The number of pyridine rings is 1. The van der Waals surface area contributed by atoms with Crippen LogP contribution in [0.5, 0.6) is 0 Å². The van der Waals surface area contributed by atoms with E-state index < -0.39 is 143 Å². The molecule has 1 fully saturated rings. The zero-order chi connectivity index (χ0) is 71.6. The average molecular weight is 1380 g/mol. The fourth-order valence-electron chi connectivity index (χ4n) is 10.4. The maximum Gasteiger partial charge on any atom is 0.303 e. The van der Waals surface area contributed by atoms with Crippen molar-refractivity contribution in [3.63, 3.8) is 0 Å². The van der Waals surface area contributed by atoms with Gasteiger partial charge in [-0.2, -0.15) is 13.5 Å². The van der Waals surface area contributed by atoms with Crippen LogP contribution in [0.1, 0.15) is 152 Å². The van der Waals surface area contributed by atoms with Gasteiger partial charge in [0, 0.05) is 51.2 Å². The van der Waals surface area contributed by atoms with Crippen LogP contribution >= 0.6 is 0 Å². The maximum atomic E-state index is 14.3. The summed E-state index contributed by atoms with van der Waals surface area (Å²) in [5, 5.41) is 46.9. The second-order valence-electron chi connectivity index (χ2n) is 24.4. The molecule has 1 saturated heterocycles. The van der Waals surface area contributed by atoms with Crippen molar-refractivity contribution in [2.24, 2.45) is 22.7 Å². The minimum atomic E-state index is -4.48. The minimum Gasteiger partial charge on any atom is -0.481 e. The van der Waals surface area contributed by atoms with Crippen molar-refractivity contribution >= 4 is 93.2 Å². The number of benzene rings is 2. The Bertz CT molecular complexity index is 3300. The van der Waals surface area contributed by atoms with Crippen LogP contribution in [0.2, 0.25) is 0 Å². The lowest BCUT2D eigenvalue weighted by molar-refractivity contribution is -0.140. The molecule has 3 aromatic rings. The predicted molar refractivity (Wildman–Crippen MR) is 356 cm³/mol. The number of likely N-dealkylation sites (tertiary alicyclic amines) is 1. The van der Waals surface area contributed by atoms with Crippen molar-refractivity contribution in [1.29, 1.82) is 0 Å². The molecule has 1 aliphatic heterocycles. The molecule has 7 atom stereocenters. The third kappa shape index (κ3) is 29.6. The molecule has 0 unspecified atom stereocenters. The summed E-state index contributed by atoms with van der Waals surface area (Å²) >= 11 is 0. The molecule has 32 heteroatoms. The molecule has 0 saturated carbocycles. The van der Waals surface area contributed by atoms with Gasteiger partial charge in [-0.25, -0.2) is 4.98 Å². The number of carboxylic acid groups (broad SMARTS) is 2. The highest BCUT2D eigenvalue weighted by Gasteiger charge is 2.36. The Labute approximate surface area is 564 Å². The van der Waals surface area contributed by atoms with Crippen molar-refractivity contribution in [1.82, 2.24) is 57.7 Å². The number of aryl methyl sites for hydroxylation is 1. The summed E-state index contributed by atoms with van der Waals surface area (Å²) in [6.07, 6.45) is 4.30. The number of nitrogens with one attached hydrogen (secondary N) is 10. The van der Waals surface area contributed by atoms with Gasteiger partial charge < -0.3 is 68.7 Å². The first-order valence-corrected chi connectivity index (χ1v) is 33.9. The summed E-state index contributed by atoms with van der Waals surface area (Å²) in [6.45, 7) is 8.83. The third-order valence-corrected chi connectivity index (χ3v) is 16.4. The normalized spacial score (nSPS) is 14.8. The average Bonchev–Trinajstić information content (AvgIpc) is 1.78. The summed E-state index contributed by atoms with van der Waals surface area (Å²) in [7, 11) is -4.48. The van der Waals surface area contributed by atoms with Gasteiger partial charge in [0.2, 0.25) is 53.2 Å². The minimum absolute atomic E-state index is 0.0201. The number of nitrogens with zero attached hydrogens (tertiary/aromatic N) is 3. The number of hydrazone groups is 1. The molecule has 1 aromatic heterocycles. The van der Waals surface area contributed by atoms with Gasteiger partial charge in [0.25, 0.3) is 16.0 Å². The van der Waals surface area contributed by atoms with Crippen LogP contribution in [0.15, 0.2) is 82.9 Å². The Morgan fingerprint density at radius 1 is 0.619 bits per heavy atom. The standard InChI is InChI=1S/C65H94N14O17S/c1-40(2)35-50(77-65(93)52-21-16-34-79(52)42(5)80)60(88)70-39-55(81)72-48(25-23-43-17-9-8-10-18-43)62(90)73-46(20-15-31-66)61(89)76-51(36-41(3)4)64(92)75-49(27-30-57(84)85)63(91)74-47(26-29-56(82)83)59(87)68-33-14-7-6-13-32-67-58(86)45-24-28-54(69-37-45)78-71-38-44-19-11-12-22-53(44)97(94,95)96/h8-12,17-19,22,24,28,37-38,40-41,46-52H,6-7,13-16,20-21,23,25-27,29-36,39,66H2,1-5H3,(H,67,86)(H,68,87)(H,69,78)(H,70,88)(H,72,81)(H,73,90)(H,74,91)(H,75,92)(H,76,89)(H,77,93)(H,82,83)(H,84,85)(H,94,95,96)/b71-38+/t46-,47-,48-,49-,50-,51-,52-/m0/s1. The van der Waals surface area contributed by atoms with Gasteiger partial charge in [-0.15, -0.1) is 0 Å². The van der Waals surface area contributed by atoms with Gasteiger partial charge in [0.05, 0.1) is 18.3 Å².